The fourth-order valence-corrected chi connectivity index (χ4v) is 1.65. The highest BCUT2D eigenvalue weighted by molar-refractivity contribution is 6.06. The maximum absolute atomic E-state index is 12.0. The predicted octanol–water partition coefficient (Wildman–Crippen LogP) is 4.48. The largest absolute Gasteiger partial charge is 0.573 e. The number of allylic oxidation sites excluding steroid dienone is 1. The fourth-order valence-electron chi connectivity index (χ4n) is 1.65. The first-order valence-corrected chi connectivity index (χ1v) is 6.07. The molecule has 21 heavy (non-hydrogen) atoms. The van der Waals surface area contributed by atoms with E-state index in [9.17, 15) is 18.0 Å². The molecule has 5 heteroatoms. The summed E-state index contributed by atoms with van der Waals surface area (Å²) >= 11 is 0. The Morgan fingerprint density at radius 3 is 2.14 bits per heavy atom. The van der Waals surface area contributed by atoms with Crippen molar-refractivity contribution in [2.75, 3.05) is 0 Å². The third-order valence-electron chi connectivity index (χ3n) is 2.60. The van der Waals surface area contributed by atoms with Gasteiger partial charge < -0.3 is 4.74 Å². The van der Waals surface area contributed by atoms with Crippen LogP contribution in [0.3, 0.4) is 0 Å². The highest BCUT2D eigenvalue weighted by atomic mass is 19.4. The van der Waals surface area contributed by atoms with Gasteiger partial charge in [-0.3, -0.25) is 4.79 Å². The molecule has 0 unspecified atom stereocenters. The number of hydrogen-bond acceptors (Lipinski definition) is 2. The van der Waals surface area contributed by atoms with Gasteiger partial charge in [-0.25, -0.2) is 0 Å². The van der Waals surface area contributed by atoms with Crippen LogP contribution in [0.5, 0.6) is 5.75 Å². The summed E-state index contributed by atoms with van der Waals surface area (Å²) in [7, 11) is 0. The number of benzene rings is 2. The van der Waals surface area contributed by atoms with E-state index in [1.165, 1.54) is 18.2 Å². The number of carbonyl (C=O) groups is 1. The summed E-state index contributed by atoms with van der Waals surface area (Å²) in [5, 5.41) is 0. The summed E-state index contributed by atoms with van der Waals surface area (Å²) in [6, 6.07) is 14.0. The van der Waals surface area contributed by atoms with E-state index >= 15 is 0 Å². The highest BCUT2D eigenvalue weighted by Gasteiger charge is 2.30. The van der Waals surface area contributed by atoms with Crippen LogP contribution in [0.25, 0.3) is 6.08 Å². The fraction of sp³-hybridized carbons (Fsp3) is 0.0625. The number of alkyl halides is 3. The molecule has 0 aromatic heterocycles. The van der Waals surface area contributed by atoms with Crippen LogP contribution in [-0.2, 0) is 0 Å². The van der Waals surface area contributed by atoms with Gasteiger partial charge in [-0.15, -0.1) is 13.2 Å². The Balaban J connectivity index is 2.05. The van der Waals surface area contributed by atoms with Gasteiger partial charge in [-0.1, -0.05) is 36.4 Å². The molecular weight excluding hydrogens is 281 g/mol. The molecule has 108 valence electrons. The van der Waals surface area contributed by atoms with Crippen molar-refractivity contribution in [1.29, 1.82) is 0 Å². The van der Waals surface area contributed by atoms with Crippen LogP contribution in [0.2, 0.25) is 0 Å². The first-order chi connectivity index (χ1) is 9.94. The van der Waals surface area contributed by atoms with Crippen molar-refractivity contribution in [2.24, 2.45) is 0 Å². The Kier molecular flexibility index (Phi) is 4.42. The first kappa shape index (κ1) is 14.8. The number of rotatable bonds is 4. The van der Waals surface area contributed by atoms with Gasteiger partial charge >= 0.3 is 6.36 Å². The van der Waals surface area contributed by atoms with Crippen molar-refractivity contribution in [3.8, 4) is 5.75 Å². The van der Waals surface area contributed by atoms with Gasteiger partial charge in [0, 0.05) is 5.56 Å². The van der Waals surface area contributed by atoms with Gasteiger partial charge in [0.15, 0.2) is 5.78 Å². The smallest absolute Gasteiger partial charge is 0.406 e. The van der Waals surface area contributed by atoms with Gasteiger partial charge in [0.25, 0.3) is 0 Å². The van der Waals surface area contributed by atoms with Crippen molar-refractivity contribution < 1.29 is 22.7 Å². The van der Waals surface area contributed by atoms with Crippen LogP contribution in [0, 0.1) is 0 Å². The molecule has 0 fully saturated rings. The molecule has 0 aliphatic rings. The molecule has 0 aliphatic heterocycles. The molecule has 2 nitrogen and oxygen atoms in total. The van der Waals surface area contributed by atoms with Gasteiger partial charge in [0.1, 0.15) is 5.75 Å². The second-order valence-corrected chi connectivity index (χ2v) is 4.18. The molecule has 0 atom stereocenters. The molecule has 2 rings (SSSR count). The first-order valence-electron chi connectivity index (χ1n) is 6.07. The Morgan fingerprint density at radius 1 is 0.952 bits per heavy atom. The topological polar surface area (TPSA) is 26.3 Å². The van der Waals surface area contributed by atoms with E-state index in [2.05, 4.69) is 4.74 Å². The predicted molar refractivity (Wildman–Crippen MR) is 72.9 cm³/mol. The van der Waals surface area contributed by atoms with Crippen molar-refractivity contribution in [2.45, 2.75) is 6.36 Å². The van der Waals surface area contributed by atoms with Crippen LogP contribution in [0.1, 0.15) is 15.9 Å². The molecular formula is C16H11F3O2. The van der Waals surface area contributed by atoms with Crippen LogP contribution < -0.4 is 4.74 Å². The number of carbonyl (C=O) groups excluding carboxylic acids is 1. The maximum Gasteiger partial charge on any atom is 0.573 e. The monoisotopic (exact) mass is 292 g/mol. The Labute approximate surface area is 119 Å². The third-order valence-corrected chi connectivity index (χ3v) is 2.60. The van der Waals surface area contributed by atoms with E-state index < -0.39 is 6.36 Å². The molecule has 0 saturated carbocycles. The Bertz CT molecular complexity index is 629. The SMILES string of the molecule is O=C(C=Cc1ccccc1)c1ccc(OC(F)(F)F)cc1. The zero-order valence-corrected chi connectivity index (χ0v) is 10.8. The molecule has 2 aromatic rings. The van der Waals surface area contributed by atoms with Gasteiger partial charge in [0.2, 0.25) is 0 Å². The lowest BCUT2D eigenvalue weighted by Crippen LogP contribution is -2.17. The minimum atomic E-state index is -4.74. The number of ether oxygens (including phenoxy) is 1. The molecule has 0 N–H and O–H groups in total. The second kappa shape index (κ2) is 6.26. The molecule has 0 spiro atoms. The van der Waals surface area contributed by atoms with Crippen molar-refractivity contribution in [1.82, 2.24) is 0 Å². The minimum absolute atomic E-state index is 0.289. The molecule has 0 amide bonds. The summed E-state index contributed by atoms with van der Waals surface area (Å²) in [6.07, 6.45) is -1.73. The van der Waals surface area contributed by atoms with Crippen LogP contribution in [-0.4, -0.2) is 12.1 Å². The lowest BCUT2D eigenvalue weighted by atomic mass is 10.1. The Hall–Kier alpha value is -2.56. The molecule has 0 radical (unpaired) electrons. The maximum atomic E-state index is 12.0. The summed E-state index contributed by atoms with van der Waals surface area (Å²) in [5.74, 6) is -0.650. The van der Waals surface area contributed by atoms with Crippen LogP contribution >= 0.6 is 0 Å². The quantitative estimate of drug-likeness (QED) is 0.613. The number of hydrogen-bond donors (Lipinski definition) is 0. The molecule has 0 aliphatic carbocycles. The summed E-state index contributed by atoms with van der Waals surface area (Å²) in [5.41, 5.74) is 1.15. The second-order valence-electron chi connectivity index (χ2n) is 4.18. The average molecular weight is 292 g/mol. The van der Waals surface area contributed by atoms with Crippen molar-refractivity contribution in [3.63, 3.8) is 0 Å². The lowest BCUT2D eigenvalue weighted by Gasteiger charge is -2.08. The van der Waals surface area contributed by atoms with Crippen LogP contribution in [0.4, 0.5) is 13.2 Å². The van der Waals surface area contributed by atoms with E-state index in [-0.39, 0.29) is 17.1 Å². The van der Waals surface area contributed by atoms with Crippen molar-refractivity contribution in [3.05, 3.63) is 71.8 Å². The molecule has 2 aromatic carbocycles. The lowest BCUT2D eigenvalue weighted by molar-refractivity contribution is -0.274. The van der Waals surface area contributed by atoms with Crippen LogP contribution in [0.15, 0.2) is 60.7 Å². The highest BCUT2D eigenvalue weighted by Crippen LogP contribution is 2.22. The average Bonchev–Trinajstić information content (AvgIpc) is 2.45. The summed E-state index contributed by atoms with van der Waals surface area (Å²) in [4.78, 5) is 11.9. The van der Waals surface area contributed by atoms with E-state index in [0.29, 0.717) is 0 Å². The van der Waals surface area contributed by atoms with Gasteiger partial charge in [-0.05, 0) is 35.9 Å². The van der Waals surface area contributed by atoms with Gasteiger partial charge in [-0.2, -0.15) is 0 Å². The number of ketones is 1. The third kappa shape index (κ3) is 4.80. The van der Waals surface area contributed by atoms with Crippen molar-refractivity contribution >= 4 is 11.9 Å². The van der Waals surface area contributed by atoms with E-state index in [0.717, 1.165) is 17.7 Å². The zero-order chi connectivity index (χ0) is 15.3. The minimum Gasteiger partial charge on any atom is -0.406 e. The Morgan fingerprint density at radius 2 is 1.57 bits per heavy atom. The number of halogens is 3. The van der Waals surface area contributed by atoms with E-state index in [4.69, 9.17) is 0 Å². The normalized spacial score (nSPS) is 11.6. The van der Waals surface area contributed by atoms with E-state index in [1.54, 1.807) is 6.08 Å². The van der Waals surface area contributed by atoms with E-state index in [1.807, 2.05) is 30.3 Å². The zero-order valence-electron chi connectivity index (χ0n) is 10.8. The van der Waals surface area contributed by atoms with Gasteiger partial charge in [0.05, 0.1) is 0 Å². The standard InChI is InChI=1S/C16H11F3O2/c17-16(18,19)21-14-9-7-13(8-10-14)15(20)11-6-12-4-2-1-3-5-12/h1-11H. The molecule has 0 saturated heterocycles. The summed E-state index contributed by atoms with van der Waals surface area (Å²) in [6.45, 7) is 0. The molecule has 0 heterocycles. The summed E-state index contributed by atoms with van der Waals surface area (Å²) < 4.78 is 39.8. The molecule has 0 bridgehead atoms.